The lowest BCUT2D eigenvalue weighted by Gasteiger charge is -2.42. The maximum atomic E-state index is 13.5. The number of esters is 2. The zero-order valence-corrected chi connectivity index (χ0v) is 20.2. The third-order valence-corrected chi connectivity index (χ3v) is 6.24. The van der Waals surface area contributed by atoms with Gasteiger partial charge in [-0.15, -0.1) is 0 Å². The second-order valence-electron chi connectivity index (χ2n) is 8.40. The van der Waals surface area contributed by atoms with Crippen molar-refractivity contribution in [2.24, 2.45) is 0 Å². The molecule has 6 nitrogen and oxygen atoms in total. The molecule has 0 aliphatic carbocycles. The van der Waals surface area contributed by atoms with Crippen LogP contribution in [0.1, 0.15) is 25.5 Å². The third kappa shape index (κ3) is 4.26. The maximum Gasteiger partial charge on any atom is 0.369 e. The summed E-state index contributed by atoms with van der Waals surface area (Å²) >= 11 is 0. The van der Waals surface area contributed by atoms with Gasteiger partial charge in [-0.05, 0) is 53.9 Å². The SMILES string of the molecule is CCOC(=O)[C@@H]1Oc2ccc3ccccc3c2[C@H](C(=O)OCC)N1c1ccc(-c2ccccc2)cc1. The van der Waals surface area contributed by atoms with Crippen LogP contribution in [0.3, 0.4) is 0 Å². The van der Waals surface area contributed by atoms with Crippen molar-refractivity contribution in [3.8, 4) is 16.9 Å². The summed E-state index contributed by atoms with van der Waals surface area (Å²) in [4.78, 5) is 28.3. The highest BCUT2D eigenvalue weighted by molar-refractivity contribution is 5.97. The first-order valence-corrected chi connectivity index (χ1v) is 12.1. The molecular formula is C30H27NO5. The Kier molecular flexibility index (Phi) is 6.58. The summed E-state index contributed by atoms with van der Waals surface area (Å²) in [5.41, 5.74) is 3.39. The van der Waals surface area contributed by atoms with Crippen LogP contribution < -0.4 is 9.64 Å². The second-order valence-corrected chi connectivity index (χ2v) is 8.40. The molecule has 0 spiro atoms. The fraction of sp³-hybridized carbons (Fsp3) is 0.200. The minimum Gasteiger partial charge on any atom is -0.464 e. The molecule has 182 valence electrons. The standard InChI is InChI=1S/C30H27NO5/c1-3-34-29(32)27-26-24-13-9-8-12-22(24)16-19-25(26)36-28(30(33)35-4-2)31(27)23-17-14-21(15-18-23)20-10-6-5-7-11-20/h5-19,27-28H,3-4H2,1-2H3/t27-,28+/m1/s1. The quantitative estimate of drug-likeness (QED) is 0.320. The number of hydrogen-bond acceptors (Lipinski definition) is 6. The zero-order valence-electron chi connectivity index (χ0n) is 20.2. The Morgan fingerprint density at radius 1 is 0.750 bits per heavy atom. The van der Waals surface area contributed by atoms with Crippen molar-refractivity contribution in [2.75, 3.05) is 18.1 Å². The molecule has 6 heteroatoms. The van der Waals surface area contributed by atoms with Gasteiger partial charge in [-0.2, -0.15) is 0 Å². The van der Waals surface area contributed by atoms with Gasteiger partial charge in [-0.25, -0.2) is 9.59 Å². The molecule has 1 heterocycles. The van der Waals surface area contributed by atoms with Crippen LogP contribution in [-0.2, 0) is 19.1 Å². The van der Waals surface area contributed by atoms with Crippen molar-refractivity contribution in [3.63, 3.8) is 0 Å². The Balaban J connectivity index is 1.68. The Bertz CT molecular complexity index is 1380. The molecule has 1 aliphatic heterocycles. The number of carbonyl (C=O) groups excluding carboxylic acids is 2. The first kappa shape index (κ1) is 23.4. The van der Waals surface area contributed by atoms with Gasteiger partial charge in [0.1, 0.15) is 5.75 Å². The predicted molar refractivity (Wildman–Crippen MR) is 139 cm³/mol. The first-order valence-electron chi connectivity index (χ1n) is 12.1. The molecule has 0 amide bonds. The van der Waals surface area contributed by atoms with Crippen LogP contribution in [0, 0.1) is 0 Å². The summed E-state index contributed by atoms with van der Waals surface area (Å²) in [5.74, 6) is -0.570. The molecule has 4 aromatic carbocycles. The van der Waals surface area contributed by atoms with E-state index in [4.69, 9.17) is 14.2 Å². The normalized spacial score (nSPS) is 16.7. The van der Waals surface area contributed by atoms with E-state index in [9.17, 15) is 9.59 Å². The summed E-state index contributed by atoms with van der Waals surface area (Å²) in [6.07, 6.45) is -1.16. The van der Waals surface area contributed by atoms with Gasteiger partial charge in [-0.3, -0.25) is 0 Å². The number of anilines is 1. The van der Waals surface area contributed by atoms with Gasteiger partial charge in [0.05, 0.1) is 13.2 Å². The maximum absolute atomic E-state index is 13.5. The van der Waals surface area contributed by atoms with Crippen molar-refractivity contribution >= 4 is 28.4 Å². The third-order valence-electron chi connectivity index (χ3n) is 6.24. The minimum atomic E-state index is -1.16. The summed E-state index contributed by atoms with van der Waals surface area (Å²) in [6.45, 7) is 3.91. The zero-order chi connectivity index (χ0) is 25.1. The lowest BCUT2D eigenvalue weighted by Crippen LogP contribution is -2.53. The number of nitrogens with zero attached hydrogens (tertiary/aromatic N) is 1. The molecule has 0 N–H and O–H groups in total. The monoisotopic (exact) mass is 481 g/mol. The number of carbonyl (C=O) groups is 2. The highest BCUT2D eigenvalue weighted by Gasteiger charge is 2.46. The van der Waals surface area contributed by atoms with E-state index in [1.807, 2.05) is 84.9 Å². The van der Waals surface area contributed by atoms with Gasteiger partial charge in [0.15, 0.2) is 6.04 Å². The second kappa shape index (κ2) is 10.1. The lowest BCUT2D eigenvalue weighted by molar-refractivity contribution is -0.154. The molecule has 5 rings (SSSR count). The van der Waals surface area contributed by atoms with E-state index in [1.165, 1.54) is 0 Å². The summed E-state index contributed by atoms with van der Waals surface area (Å²) in [7, 11) is 0. The number of fused-ring (bicyclic) bond motifs is 3. The molecule has 0 radical (unpaired) electrons. The average molecular weight is 482 g/mol. The molecule has 1 aliphatic rings. The van der Waals surface area contributed by atoms with E-state index < -0.39 is 24.2 Å². The van der Waals surface area contributed by atoms with Crippen molar-refractivity contribution in [3.05, 3.63) is 96.6 Å². The molecule has 0 unspecified atom stereocenters. The average Bonchev–Trinajstić information content (AvgIpc) is 2.92. The van der Waals surface area contributed by atoms with Gasteiger partial charge in [-0.1, -0.05) is 72.8 Å². The number of rotatable bonds is 6. The minimum absolute atomic E-state index is 0.189. The highest BCUT2D eigenvalue weighted by Crippen LogP contribution is 2.44. The van der Waals surface area contributed by atoms with E-state index in [-0.39, 0.29) is 13.2 Å². The molecule has 0 fully saturated rings. The van der Waals surface area contributed by atoms with Crippen molar-refractivity contribution in [2.45, 2.75) is 26.1 Å². The van der Waals surface area contributed by atoms with Crippen LogP contribution in [0.15, 0.2) is 91.0 Å². The molecular weight excluding hydrogens is 454 g/mol. The number of ether oxygens (including phenoxy) is 3. The molecule has 0 saturated heterocycles. The van der Waals surface area contributed by atoms with E-state index in [0.29, 0.717) is 17.0 Å². The van der Waals surface area contributed by atoms with Crippen molar-refractivity contribution in [1.29, 1.82) is 0 Å². The van der Waals surface area contributed by atoms with Gasteiger partial charge in [0.2, 0.25) is 0 Å². The molecule has 0 aromatic heterocycles. The van der Waals surface area contributed by atoms with E-state index >= 15 is 0 Å². The van der Waals surface area contributed by atoms with Gasteiger partial charge in [0.25, 0.3) is 6.23 Å². The summed E-state index contributed by atoms with van der Waals surface area (Å²) in [5, 5.41) is 1.82. The number of benzene rings is 4. The first-order chi connectivity index (χ1) is 17.6. The van der Waals surface area contributed by atoms with Crippen LogP contribution in [-0.4, -0.2) is 31.4 Å². The topological polar surface area (TPSA) is 65.1 Å². The van der Waals surface area contributed by atoms with Crippen molar-refractivity contribution in [1.82, 2.24) is 0 Å². The van der Waals surface area contributed by atoms with Crippen LogP contribution >= 0.6 is 0 Å². The Labute approximate surface area is 210 Å². The smallest absolute Gasteiger partial charge is 0.369 e. The fourth-order valence-corrected chi connectivity index (χ4v) is 4.68. The van der Waals surface area contributed by atoms with Gasteiger partial charge < -0.3 is 19.1 Å². The largest absolute Gasteiger partial charge is 0.464 e. The Hall–Kier alpha value is -4.32. The molecule has 0 saturated carbocycles. The molecule has 36 heavy (non-hydrogen) atoms. The molecule has 4 aromatic rings. The van der Waals surface area contributed by atoms with Crippen molar-refractivity contribution < 1.29 is 23.8 Å². The molecule has 2 atom stereocenters. The van der Waals surface area contributed by atoms with Gasteiger partial charge in [0, 0.05) is 11.3 Å². The Morgan fingerprint density at radius 2 is 1.39 bits per heavy atom. The summed E-state index contributed by atoms with van der Waals surface area (Å²) < 4.78 is 17.1. The van der Waals surface area contributed by atoms with Crippen LogP contribution in [0.5, 0.6) is 5.75 Å². The van der Waals surface area contributed by atoms with Crippen LogP contribution in [0.2, 0.25) is 0 Å². The predicted octanol–water partition coefficient (Wildman–Crippen LogP) is 5.90. The van der Waals surface area contributed by atoms with E-state index in [0.717, 1.165) is 21.9 Å². The van der Waals surface area contributed by atoms with Crippen LogP contribution in [0.25, 0.3) is 21.9 Å². The lowest BCUT2D eigenvalue weighted by atomic mass is 9.94. The molecule has 0 bridgehead atoms. The number of hydrogen-bond donors (Lipinski definition) is 0. The van der Waals surface area contributed by atoms with Gasteiger partial charge >= 0.3 is 11.9 Å². The fourth-order valence-electron chi connectivity index (χ4n) is 4.68. The van der Waals surface area contributed by atoms with Crippen LogP contribution in [0.4, 0.5) is 5.69 Å². The highest BCUT2D eigenvalue weighted by atomic mass is 16.6. The Morgan fingerprint density at radius 3 is 2.11 bits per heavy atom. The van der Waals surface area contributed by atoms with E-state index in [1.54, 1.807) is 24.8 Å². The summed E-state index contributed by atoms with van der Waals surface area (Å²) in [6, 6.07) is 28.3. The van der Waals surface area contributed by atoms with E-state index in [2.05, 4.69) is 0 Å².